The second kappa shape index (κ2) is 8.71. The molecular weight excluding hydrogens is 430 g/mol. The molecule has 0 bridgehead atoms. The number of aryl methyl sites for hydroxylation is 1. The van der Waals surface area contributed by atoms with Gasteiger partial charge in [-0.25, -0.2) is 0 Å². The van der Waals surface area contributed by atoms with Gasteiger partial charge < -0.3 is 18.8 Å². The van der Waals surface area contributed by atoms with Crippen LogP contribution in [-0.4, -0.2) is 31.6 Å². The van der Waals surface area contributed by atoms with Gasteiger partial charge in [0.15, 0.2) is 5.43 Å². The number of hydrogen-bond acceptors (Lipinski definition) is 5. The summed E-state index contributed by atoms with van der Waals surface area (Å²) in [5.74, 6) is 1.27. The molecule has 3 aromatic carbocycles. The van der Waals surface area contributed by atoms with Crippen LogP contribution in [0.25, 0.3) is 11.0 Å². The molecule has 0 saturated carbocycles. The van der Waals surface area contributed by atoms with Gasteiger partial charge in [0, 0.05) is 6.54 Å². The van der Waals surface area contributed by atoms with E-state index < -0.39 is 6.04 Å². The maximum atomic E-state index is 13.7. The van der Waals surface area contributed by atoms with E-state index in [4.69, 9.17) is 13.9 Å². The Labute approximate surface area is 197 Å². The Hall–Kier alpha value is -4.06. The highest BCUT2D eigenvalue weighted by Crippen LogP contribution is 2.39. The second-order valence-electron chi connectivity index (χ2n) is 8.45. The standard InChI is InChI=1S/C28H25NO5/c1-17-7-12-23-22(15-17)26(30)24-25(19-5-4-6-21(16-19)33-3)29(28(31)27(24)34-23)14-13-18-8-10-20(32-2)11-9-18/h4-12,15-16,25H,13-14H2,1-3H3/t25-/m1/s1. The SMILES string of the molecule is COc1ccc(CCN2C(=O)c3oc4ccc(C)cc4c(=O)c3[C@H]2c2cccc(OC)c2)cc1. The van der Waals surface area contributed by atoms with E-state index in [1.807, 2.05) is 67.6 Å². The number of benzene rings is 3. The quantitative estimate of drug-likeness (QED) is 0.413. The Balaban J connectivity index is 1.61. The number of amides is 1. The lowest BCUT2D eigenvalue weighted by atomic mass is 9.97. The van der Waals surface area contributed by atoms with E-state index in [2.05, 4.69) is 0 Å². The summed E-state index contributed by atoms with van der Waals surface area (Å²) >= 11 is 0. The number of methoxy groups -OCH3 is 2. The van der Waals surface area contributed by atoms with Crippen molar-refractivity contribution in [1.29, 1.82) is 0 Å². The van der Waals surface area contributed by atoms with E-state index in [-0.39, 0.29) is 17.1 Å². The van der Waals surface area contributed by atoms with Crippen molar-refractivity contribution in [1.82, 2.24) is 4.90 Å². The molecular formula is C28H25NO5. The molecule has 5 rings (SSSR count). The van der Waals surface area contributed by atoms with Crippen molar-refractivity contribution in [2.24, 2.45) is 0 Å². The fourth-order valence-electron chi connectivity index (χ4n) is 4.56. The molecule has 0 radical (unpaired) electrons. The molecule has 0 spiro atoms. The van der Waals surface area contributed by atoms with Gasteiger partial charge in [0.05, 0.1) is 31.2 Å². The zero-order valence-corrected chi connectivity index (χ0v) is 19.3. The van der Waals surface area contributed by atoms with Crippen LogP contribution in [0.3, 0.4) is 0 Å². The van der Waals surface area contributed by atoms with Crippen molar-refractivity contribution in [2.75, 3.05) is 20.8 Å². The number of hydrogen-bond donors (Lipinski definition) is 0. The van der Waals surface area contributed by atoms with Gasteiger partial charge in [-0.3, -0.25) is 9.59 Å². The Bertz CT molecular complexity index is 1440. The van der Waals surface area contributed by atoms with Gasteiger partial charge in [0.1, 0.15) is 17.1 Å². The third kappa shape index (κ3) is 3.71. The van der Waals surface area contributed by atoms with E-state index in [1.165, 1.54) is 0 Å². The topological polar surface area (TPSA) is 69.0 Å². The number of nitrogens with zero attached hydrogens (tertiary/aromatic N) is 1. The minimum Gasteiger partial charge on any atom is -0.497 e. The summed E-state index contributed by atoms with van der Waals surface area (Å²) in [6.07, 6.45) is 0.622. The monoisotopic (exact) mass is 455 g/mol. The highest BCUT2D eigenvalue weighted by Gasteiger charge is 2.42. The van der Waals surface area contributed by atoms with Gasteiger partial charge in [-0.15, -0.1) is 0 Å². The van der Waals surface area contributed by atoms with Crippen LogP contribution >= 0.6 is 0 Å². The van der Waals surface area contributed by atoms with Crippen LogP contribution in [0.2, 0.25) is 0 Å². The Morgan fingerprint density at radius 2 is 1.68 bits per heavy atom. The van der Waals surface area contributed by atoms with E-state index in [1.54, 1.807) is 25.2 Å². The summed E-state index contributed by atoms with van der Waals surface area (Å²) in [5.41, 5.74) is 3.45. The van der Waals surface area contributed by atoms with Crippen molar-refractivity contribution < 1.29 is 18.7 Å². The molecule has 0 fully saturated rings. The molecule has 0 N–H and O–H groups in total. The largest absolute Gasteiger partial charge is 0.497 e. The zero-order chi connectivity index (χ0) is 23.8. The number of carbonyl (C=O) groups excluding carboxylic acids is 1. The van der Waals surface area contributed by atoms with Crippen LogP contribution < -0.4 is 14.9 Å². The first kappa shape index (κ1) is 21.8. The Morgan fingerprint density at radius 1 is 0.912 bits per heavy atom. The molecule has 0 aliphatic carbocycles. The van der Waals surface area contributed by atoms with Crippen LogP contribution in [0.4, 0.5) is 0 Å². The smallest absolute Gasteiger partial charge is 0.290 e. The molecule has 0 saturated heterocycles. The molecule has 1 aromatic heterocycles. The van der Waals surface area contributed by atoms with Gasteiger partial charge in [0.25, 0.3) is 5.91 Å². The highest BCUT2D eigenvalue weighted by molar-refractivity contribution is 5.99. The average molecular weight is 456 g/mol. The first-order valence-corrected chi connectivity index (χ1v) is 11.2. The van der Waals surface area contributed by atoms with Gasteiger partial charge in [0.2, 0.25) is 5.76 Å². The van der Waals surface area contributed by atoms with Gasteiger partial charge in [-0.1, -0.05) is 35.9 Å². The predicted molar refractivity (Wildman–Crippen MR) is 130 cm³/mol. The lowest BCUT2D eigenvalue weighted by Crippen LogP contribution is -2.31. The van der Waals surface area contributed by atoms with E-state index in [0.717, 1.165) is 22.4 Å². The minimum absolute atomic E-state index is 0.115. The summed E-state index contributed by atoms with van der Waals surface area (Å²) in [5, 5.41) is 0.483. The predicted octanol–water partition coefficient (Wildman–Crippen LogP) is 4.91. The summed E-state index contributed by atoms with van der Waals surface area (Å²) < 4.78 is 16.7. The molecule has 1 atom stereocenters. The zero-order valence-electron chi connectivity index (χ0n) is 19.3. The summed E-state index contributed by atoms with van der Waals surface area (Å²) in [6, 6.07) is 20.1. The lowest BCUT2D eigenvalue weighted by molar-refractivity contribution is 0.0730. The summed E-state index contributed by atoms with van der Waals surface area (Å²) in [6.45, 7) is 2.35. The van der Waals surface area contributed by atoms with E-state index >= 15 is 0 Å². The Kier molecular flexibility index (Phi) is 5.57. The van der Waals surface area contributed by atoms with Crippen LogP contribution in [-0.2, 0) is 6.42 Å². The third-order valence-corrected chi connectivity index (χ3v) is 6.33. The normalized spacial score (nSPS) is 15.0. The third-order valence-electron chi connectivity index (χ3n) is 6.33. The van der Waals surface area contributed by atoms with Crippen molar-refractivity contribution in [3.05, 3.63) is 105 Å². The van der Waals surface area contributed by atoms with E-state index in [9.17, 15) is 9.59 Å². The Morgan fingerprint density at radius 3 is 2.41 bits per heavy atom. The van der Waals surface area contributed by atoms with Crippen LogP contribution in [0.1, 0.15) is 38.9 Å². The van der Waals surface area contributed by atoms with E-state index in [0.29, 0.717) is 35.2 Å². The maximum Gasteiger partial charge on any atom is 0.290 e. The minimum atomic E-state index is -0.558. The first-order valence-electron chi connectivity index (χ1n) is 11.2. The number of carbonyl (C=O) groups is 1. The molecule has 0 unspecified atom stereocenters. The molecule has 6 nitrogen and oxygen atoms in total. The molecule has 34 heavy (non-hydrogen) atoms. The molecule has 172 valence electrons. The van der Waals surface area contributed by atoms with Crippen molar-refractivity contribution in [2.45, 2.75) is 19.4 Å². The highest BCUT2D eigenvalue weighted by atomic mass is 16.5. The number of fused-ring (bicyclic) bond motifs is 2. The molecule has 1 amide bonds. The van der Waals surface area contributed by atoms with Gasteiger partial charge in [-0.05, 0) is 60.9 Å². The maximum absolute atomic E-state index is 13.7. The summed E-state index contributed by atoms with van der Waals surface area (Å²) in [4.78, 5) is 28.9. The summed E-state index contributed by atoms with van der Waals surface area (Å²) in [7, 11) is 3.22. The number of rotatable bonds is 6. The van der Waals surface area contributed by atoms with Crippen molar-refractivity contribution in [3.63, 3.8) is 0 Å². The molecule has 4 aromatic rings. The average Bonchev–Trinajstić information content (AvgIpc) is 3.15. The van der Waals surface area contributed by atoms with Crippen LogP contribution in [0, 0.1) is 6.92 Å². The molecule has 1 aliphatic heterocycles. The molecule has 6 heteroatoms. The molecule has 1 aliphatic rings. The fourth-order valence-corrected chi connectivity index (χ4v) is 4.56. The van der Waals surface area contributed by atoms with Gasteiger partial charge >= 0.3 is 0 Å². The van der Waals surface area contributed by atoms with Crippen molar-refractivity contribution in [3.8, 4) is 11.5 Å². The lowest BCUT2D eigenvalue weighted by Gasteiger charge is -2.25. The van der Waals surface area contributed by atoms with Crippen LogP contribution in [0.5, 0.6) is 11.5 Å². The second-order valence-corrected chi connectivity index (χ2v) is 8.45. The fraction of sp³-hybridized carbons (Fsp3) is 0.214. The first-order chi connectivity index (χ1) is 16.5. The van der Waals surface area contributed by atoms with Crippen LogP contribution in [0.15, 0.2) is 75.9 Å². The van der Waals surface area contributed by atoms with Crippen molar-refractivity contribution >= 4 is 16.9 Å². The van der Waals surface area contributed by atoms with Gasteiger partial charge in [-0.2, -0.15) is 0 Å². The number of ether oxygens (including phenoxy) is 2. The molecule has 2 heterocycles.